The van der Waals surface area contributed by atoms with Crippen molar-refractivity contribution in [3.05, 3.63) is 57.5 Å². The molecule has 1 aromatic heterocycles. The predicted octanol–water partition coefficient (Wildman–Crippen LogP) is 6.18. The van der Waals surface area contributed by atoms with Gasteiger partial charge in [-0.25, -0.2) is 4.39 Å². The van der Waals surface area contributed by atoms with Crippen LogP contribution in [-0.2, 0) is 22.7 Å². The van der Waals surface area contributed by atoms with Crippen LogP contribution in [0.25, 0.3) is 0 Å². The van der Waals surface area contributed by atoms with Crippen molar-refractivity contribution in [3.63, 3.8) is 0 Å². The van der Waals surface area contributed by atoms with E-state index in [1.54, 1.807) is 23.5 Å². The lowest BCUT2D eigenvalue weighted by Gasteiger charge is -2.57. The van der Waals surface area contributed by atoms with Crippen molar-refractivity contribution in [2.45, 2.75) is 78.4 Å². The van der Waals surface area contributed by atoms with Crippen LogP contribution in [0.2, 0.25) is 0 Å². The topological polar surface area (TPSA) is 40.6 Å². The molecular formula is C29H37FN2O2S. The molecule has 2 aromatic rings. The van der Waals surface area contributed by atoms with E-state index in [4.69, 9.17) is 0 Å². The number of hydrogen-bond donors (Lipinski definition) is 0. The molecule has 4 fully saturated rings. The van der Waals surface area contributed by atoms with E-state index in [-0.39, 0.29) is 35.6 Å². The molecule has 4 nitrogen and oxygen atoms in total. The molecule has 0 N–H and O–H groups in total. The number of nitrogens with zero attached hydrogens (tertiary/aromatic N) is 2. The van der Waals surface area contributed by atoms with E-state index < -0.39 is 0 Å². The minimum atomic E-state index is -0.284. The first-order chi connectivity index (χ1) is 16.7. The van der Waals surface area contributed by atoms with Crippen molar-refractivity contribution >= 4 is 23.2 Å². The Morgan fingerprint density at radius 3 is 2.11 bits per heavy atom. The summed E-state index contributed by atoms with van der Waals surface area (Å²) in [7, 11) is 0. The van der Waals surface area contributed by atoms with Crippen molar-refractivity contribution in [1.82, 2.24) is 9.80 Å². The Balaban J connectivity index is 1.36. The second-order valence-corrected chi connectivity index (χ2v) is 12.6. The van der Waals surface area contributed by atoms with Crippen LogP contribution in [0, 0.1) is 35.9 Å². The second-order valence-electron chi connectivity index (χ2n) is 11.6. The molecule has 6 heteroatoms. The summed E-state index contributed by atoms with van der Waals surface area (Å²) >= 11 is 1.64. The Hall–Kier alpha value is -2.21. The summed E-state index contributed by atoms with van der Waals surface area (Å²) < 4.78 is 13.5. The number of carbonyl (C=O) groups excluding carboxylic acids is 2. The first-order valence-electron chi connectivity index (χ1n) is 13.1. The number of thiophene rings is 1. The molecule has 6 rings (SSSR count). The number of hydrogen-bond acceptors (Lipinski definition) is 3. The first kappa shape index (κ1) is 24.5. The molecular weight excluding hydrogens is 459 g/mol. The quantitative estimate of drug-likeness (QED) is 0.438. The summed E-state index contributed by atoms with van der Waals surface area (Å²) in [5.74, 6) is 1.93. The Bertz CT molecular complexity index is 1040. The van der Waals surface area contributed by atoms with E-state index in [0.717, 1.165) is 35.3 Å². The molecule has 4 saturated carbocycles. The van der Waals surface area contributed by atoms with Gasteiger partial charge in [-0.05, 0) is 112 Å². The number of amides is 2. The van der Waals surface area contributed by atoms with Gasteiger partial charge in [-0.15, -0.1) is 11.3 Å². The van der Waals surface area contributed by atoms with Crippen LogP contribution >= 0.6 is 11.3 Å². The second kappa shape index (κ2) is 9.68. The molecule has 35 heavy (non-hydrogen) atoms. The fraction of sp³-hybridized carbons (Fsp3) is 0.586. The van der Waals surface area contributed by atoms with Crippen LogP contribution in [0.1, 0.15) is 68.4 Å². The fourth-order valence-electron chi connectivity index (χ4n) is 7.19. The molecule has 188 valence electrons. The molecule has 4 aliphatic rings. The molecule has 1 heterocycles. The molecule has 0 aliphatic heterocycles. The lowest BCUT2D eigenvalue weighted by Crippen LogP contribution is -2.57. The summed E-state index contributed by atoms with van der Waals surface area (Å²) in [5.41, 5.74) is 1.79. The van der Waals surface area contributed by atoms with E-state index in [9.17, 15) is 14.0 Å². The van der Waals surface area contributed by atoms with Crippen molar-refractivity contribution in [2.75, 3.05) is 6.54 Å². The van der Waals surface area contributed by atoms with Crippen LogP contribution in [0.15, 0.2) is 35.7 Å². The van der Waals surface area contributed by atoms with Gasteiger partial charge in [0.05, 0.1) is 12.0 Å². The van der Waals surface area contributed by atoms with Gasteiger partial charge in [0.15, 0.2) is 0 Å². The predicted molar refractivity (Wildman–Crippen MR) is 137 cm³/mol. The van der Waals surface area contributed by atoms with Gasteiger partial charge in [-0.1, -0.05) is 12.1 Å². The molecule has 0 spiro atoms. The molecule has 0 atom stereocenters. The normalized spacial score (nSPS) is 26.8. The van der Waals surface area contributed by atoms with E-state index in [1.807, 2.05) is 29.0 Å². The van der Waals surface area contributed by atoms with Crippen LogP contribution in [0.4, 0.5) is 4.39 Å². The molecule has 4 aliphatic carbocycles. The van der Waals surface area contributed by atoms with Gasteiger partial charge in [-0.3, -0.25) is 9.59 Å². The highest BCUT2D eigenvalue weighted by Gasteiger charge is 2.56. The molecule has 1 aromatic carbocycles. The van der Waals surface area contributed by atoms with E-state index >= 15 is 0 Å². The van der Waals surface area contributed by atoms with Gasteiger partial charge in [0.1, 0.15) is 12.4 Å². The van der Waals surface area contributed by atoms with Crippen LogP contribution < -0.4 is 0 Å². The smallest absolute Gasteiger partial charge is 0.242 e. The summed E-state index contributed by atoms with van der Waals surface area (Å²) in [6.45, 7) is 7.11. The Morgan fingerprint density at radius 2 is 1.60 bits per heavy atom. The highest BCUT2D eigenvalue weighted by molar-refractivity contribution is 7.10. The van der Waals surface area contributed by atoms with Crippen molar-refractivity contribution in [2.24, 2.45) is 23.2 Å². The lowest BCUT2D eigenvalue weighted by molar-refractivity contribution is -0.162. The Morgan fingerprint density at radius 1 is 1.00 bits per heavy atom. The Labute approximate surface area is 212 Å². The van der Waals surface area contributed by atoms with Crippen LogP contribution in [-0.4, -0.2) is 34.2 Å². The molecule has 0 unspecified atom stereocenters. The van der Waals surface area contributed by atoms with Gasteiger partial charge in [-0.2, -0.15) is 0 Å². The molecule has 2 amide bonds. The maximum absolute atomic E-state index is 14.1. The fourth-order valence-corrected chi connectivity index (χ4v) is 8.11. The number of benzene rings is 1. The van der Waals surface area contributed by atoms with Crippen LogP contribution in [0.5, 0.6) is 0 Å². The van der Waals surface area contributed by atoms with E-state index in [2.05, 4.69) is 13.0 Å². The van der Waals surface area contributed by atoms with Gasteiger partial charge < -0.3 is 9.80 Å². The van der Waals surface area contributed by atoms with Gasteiger partial charge in [0, 0.05) is 17.5 Å². The van der Waals surface area contributed by atoms with Crippen LogP contribution in [0.3, 0.4) is 0 Å². The minimum Gasteiger partial charge on any atom is -0.332 e. The largest absolute Gasteiger partial charge is 0.332 e. The maximum atomic E-state index is 14.1. The number of aryl methyl sites for hydroxylation is 1. The summed E-state index contributed by atoms with van der Waals surface area (Å²) in [4.78, 5) is 32.7. The first-order valence-corrected chi connectivity index (χ1v) is 14.0. The maximum Gasteiger partial charge on any atom is 0.242 e. The highest BCUT2D eigenvalue weighted by atomic mass is 32.1. The molecule has 0 radical (unpaired) electrons. The Kier molecular flexibility index (Phi) is 6.77. The van der Waals surface area contributed by atoms with Gasteiger partial charge in [0.25, 0.3) is 0 Å². The van der Waals surface area contributed by atoms with Crippen molar-refractivity contribution in [1.29, 1.82) is 0 Å². The highest BCUT2D eigenvalue weighted by Crippen LogP contribution is 2.60. The summed E-state index contributed by atoms with van der Waals surface area (Å²) in [5, 5.41) is 2.04. The zero-order chi connectivity index (χ0) is 24.7. The monoisotopic (exact) mass is 496 g/mol. The third-order valence-corrected chi connectivity index (χ3v) is 9.63. The molecule has 4 bridgehead atoms. The SMILES string of the molecule is Cc1ccsc1CN(Cc1ccc(F)cc1)C(=O)CN(C(=O)C12CC3CC(CC(C3)C1)C2)C(C)C. The zero-order valence-corrected chi connectivity index (χ0v) is 22.0. The number of rotatable bonds is 8. The standard InChI is InChI=1S/C29H37FN2O2S/c1-19(2)32(28(34)29-13-22-10-23(14-29)12-24(11-22)15-29)18-27(33)31(17-26-20(3)8-9-35-26)16-21-4-6-25(30)7-5-21/h4-9,19,22-24H,10-18H2,1-3H3. The van der Waals surface area contributed by atoms with Crippen molar-refractivity contribution in [3.8, 4) is 0 Å². The van der Waals surface area contributed by atoms with E-state index in [0.29, 0.717) is 30.8 Å². The summed E-state index contributed by atoms with van der Waals surface area (Å²) in [6, 6.07) is 8.37. The number of halogens is 1. The van der Waals surface area contributed by atoms with Crippen molar-refractivity contribution < 1.29 is 14.0 Å². The minimum absolute atomic E-state index is 0.0319. The lowest BCUT2D eigenvalue weighted by atomic mass is 9.49. The third kappa shape index (κ3) is 5.04. The van der Waals surface area contributed by atoms with Gasteiger partial charge in [0.2, 0.25) is 11.8 Å². The van der Waals surface area contributed by atoms with E-state index in [1.165, 1.54) is 31.4 Å². The summed E-state index contributed by atoms with van der Waals surface area (Å²) in [6.07, 6.45) is 6.88. The third-order valence-electron chi connectivity index (χ3n) is 8.62. The zero-order valence-electron chi connectivity index (χ0n) is 21.1. The average molecular weight is 497 g/mol. The molecule has 0 saturated heterocycles. The average Bonchev–Trinajstić information content (AvgIpc) is 3.21. The number of carbonyl (C=O) groups is 2. The van der Waals surface area contributed by atoms with Gasteiger partial charge >= 0.3 is 0 Å².